The summed E-state index contributed by atoms with van der Waals surface area (Å²) in [6.45, 7) is -0.0669. The van der Waals surface area contributed by atoms with Crippen molar-refractivity contribution in [2.75, 3.05) is 19.8 Å². The van der Waals surface area contributed by atoms with Gasteiger partial charge in [0.25, 0.3) is 12.1 Å². The lowest BCUT2D eigenvalue weighted by molar-refractivity contribution is -0.385. The van der Waals surface area contributed by atoms with Crippen LogP contribution in [0.2, 0.25) is 0 Å². The molecule has 1 N–H and O–H groups in total. The Morgan fingerprint density at radius 3 is 2.74 bits per heavy atom. The zero-order valence-electron chi connectivity index (χ0n) is 9.94. The van der Waals surface area contributed by atoms with E-state index in [1.807, 2.05) is 0 Å². The topological polar surface area (TPSA) is 64.4 Å². The maximum atomic E-state index is 13.1. The molecule has 0 aliphatic rings. The number of benzene rings is 1. The van der Waals surface area contributed by atoms with Crippen molar-refractivity contribution in [3.05, 3.63) is 39.7 Å². The van der Waals surface area contributed by atoms with Crippen LogP contribution in [0.25, 0.3) is 0 Å². The summed E-state index contributed by atoms with van der Waals surface area (Å²) in [5.74, 6) is -0.694. The second kappa shape index (κ2) is 7.70. The normalized spacial score (nSPS) is 10.9. The maximum Gasteiger partial charge on any atom is 0.272 e. The molecule has 0 amide bonds. The van der Waals surface area contributed by atoms with E-state index in [0.29, 0.717) is 5.56 Å². The van der Waals surface area contributed by atoms with E-state index in [0.717, 1.165) is 6.07 Å². The highest BCUT2D eigenvalue weighted by molar-refractivity contribution is 5.35. The molecule has 1 rings (SSSR count). The lowest BCUT2D eigenvalue weighted by Gasteiger charge is -2.06. The Morgan fingerprint density at radius 1 is 1.37 bits per heavy atom. The van der Waals surface area contributed by atoms with Gasteiger partial charge in [-0.3, -0.25) is 10.1 Å². The Kier molecular flexibility index (Phi) is 6.23. The van der Waals surface area contributed by atoms with E-state index in [4.69, 9.17) is 0 Å². The average Bonchev–Trinajstić information content (AvgIpc) is 2.32. The van der Waals surface area contributed by atoms with Crippen molar-refractivity contribution in [3.8, 4) is 0 Å². The van der Waals surface area contributed by atoms with Gasteiger partial charge in [-0.25, -0.2) is 13.2 Å². The van der Waals surface area contributed by atoms with Gasteiger partial charge < -0.3 is 10.1 Å². The molecule has 0 radical (unpaired) electrons. The van der Waals surface area contributed by atoms with Crippen LogP contribution >= 0.6 is 0 Å². The summed E-state index contributed by atoms with van der Waals surface area (Å²) in [6.07, 6.45) is -2.51. The molecule has 0 aromatic heterocycles. The van der Waals surface area contributed by atoms with Gasteiger partial charge in [0.1, 0.15) is 12.4 Å². The zero-order chi connectivity index (χ0) is 14.3. The van der Waals surface area contributed by atoms with Gasteiger partial charge in [-0.2, -0.15) is 0 Å². The summed E-state index contributed by atoms with van der Waals surface area (Å²) in [5.41, 5.74) is 0.0753. The van der Waals surface area contributed by atoms with Gasteiger partial charge in [0.2, 0.25) is 0 Å². The molecule has 0 bridgehead atoms. The van der Waals surface area contributed by atoms with Crippen LogP contribution in [-0.4, -0.2) is 31.1 Å². The summed E-state index contributed by atoms with van der Waals surface area (Å²) >= 11 is 0. The predicted molar refractivity (Wildman–Crippen MR) is 61.6 cm³/mol. The van der Waals surface area contributed by atoms with E-state index >= 15 is 0 Å². The standard InChI is InChI=1S/C11H13F3N2O3/c12-9-3-8(4-10(5-9)16(17)18)6-15-1-2-19-7-11(13)14/h3-5,11,15H,1-2,6-7H2. The molecule has 0 saturated carbocycles. The summed E-state index contributed by atoms with van der Waals surface area (Å²) in [4.78, 5) is 9.83. The molecule has 8 heteroatoms. The molecule has 19 heavy (non-hydrogen) atoms. The van der Waals surface area contributed by atoms with E-state index in [1.54, 1.807) is 0 Å². The molecule has 0 atom stereocenters. The molecular formula is C11H13F3N2O3. The number of hydrogen-bond donors (Lipinski definition) is 1. The Hall–Kier alpha value is -1.67. The number of halogens is 3. The van der Waals surface area contributed by atoms with Gasteiger partial charge in [-0.1, -0.05) is 0 Å². The quantitative estimate of drug-likeness (QED) is 0.449. The zero-order valence-corrected chi connectivity index (χ0v) is 9.94. The summed E-state index contributed by atoms with van der Waals surface area (Å²) in [5, 5.41) is 13.3. The van der Waals surface area contributed by atoms with Crippen LogP contribution in [0.4, 0.5) is 18.9 Å². The average molecular weight is 278 g/mol. The lowest BCUT2D eigenvalue weighted by Crippen LogP contribution is -2.20. The SMILES string of the molecule is O=[N+]([O-])c1cc(F)cc(CNCCOCC(F)F)c1. The number of rotatable bonds is 8. The second-order valence-electron chi connectivity index (χ2n) is 3.72. The molecule has 0 spiro atoms. The van der Waals surface area contributed by atoms with Crippen molar-refractivity contribution in [2.24, 2.45) is 0 Å². The van der Waals surface area contributed by atoms with Gasteiger partial charge >= 0.3 is 0 Å². The predicted octanol–water partition coefficient (Wildman–Crippen LogP) is 2.11. The second-order valence-corrected chi connectivity index (χ2v) is 3.72. The van der Waals surface area contributed by atoms with Crippen LogP contribution in [0.15, 0.2) is 18.2 Å². The van der Waals surface area contributed by atoms with Crippen LogP contribution < -0.4 is 5.32 Å². The number of alkyl halides is 2. The fourth-order valence-electron chi connectivity index (χ4n) is 1.39. The van der Waals surface area contributed by atoms with Gasteiger partial charge in [0.15, 0.2) is 0 Å². The monoisotopic (exact) mass is 278 g/mol. The highest BCUT2D eigenvalue weighted by atomic mass is 19.3. The molecule has 106 valence electrons. The van der Waals surface area contributed by atoms with Gasteiger partial charge in [-0.15, -0.1) is 0 Å². The number of hydrogen-bond acceptors (Lipinski definition) is 4. The summed E-state index contributed by atoms with van der Waals surface area (Å²) in [6, 6.07) is 3.24. The van der Waals surface area contributed by atoms with E-state index in [-0.39, 0.29) is 25.4 Å². The fraction of sp³-hybridized carbons (Fsp3) is 0.455. The van der Waals surface area contributed by atoms with E-state index in [2.05, 4.69) is 10.1 Å². The molecule has 5 nitrogen and oxygen atoms in total. The first-order chi connectivity index (χ1) is 8.99. The number of ether oxygens (including phenoxy) is 1. The molecule has 0 fully saturated rings. The van der Waals surface area contributed by atoms with Crippen LogP contribution in [0.3, 0.4) is 0 Å². The minimum Gasteiger partial charge on any atom is -0.374 e. The minimum absolute atomic E-state index is 0.0851. The molecule has 0 unspecified atom stereocenters. The van der Waals surface area contributed by atoms with E-state index in [9.17, 15) is 23.3 Å². The van der Waals surface area contributed by atoms with Gasteiger partial charge in [-0.05, 0) is 11.6 Å². The first-order valence-electron chi connectivity index (χ1n) is 5.49. The number of nitrogens with zero attached hydrogens (tertiary/aromatic N) is 1. The van der Waals surface area contributed by atoms with Crippen molar-refractivity contribution < 1.29 is 22.8 Å². The lowest BCUT2D eigenvalue weighted by atomic mass is 10.2. The number of non-ortho nitro benzene ring substituents is 1. The van der Waals surface area contributed by atoms with Gasteiger partial charge in [0, 0.05) is 19.2 Å². The minimum atomic E-state index is -2.51. The Bertz CT molecular complexity index is 430. The van der Waals surface area contributed by atoms with Crippen molar-refractivity contribution in [1.82, 2.24) is 5.32 Å². The van der Waals surface area contributed by atoms with Crippen LogP contribution in [-0.2, 0) is 11.3 Å². The fourth-order valence-corrected chi connectivity index (χ4v) is 1.39. The van der Waals surface area contributed by atoms with Crippen molar-refractivity contribution in [3.63, 3.8) is 0 Å². The third kappa shape index (κ3) is 6.16. The Balaban J connectivity index is 2.35. The molecular weight excluding hydrogens is 265 g/mol. The summed E-state index contributed by atoms with van der Waals surface area (Å²) < 4.78 is 41.1. The highest BCUT2D eigenvalue weighted by Crippen LogP contribution is 2.15. The number of nitrogens with one attached hydrogen (secondary N) is 1. The van der Waals surface area contributed by atoms with E-state index < -0.39 is 23.8 Å². The smallest absolute Gasteiger partial charge is 0.272 e. The van der Waals surface area contributed by atoms with Crippen molar-refractivity contribution in [2.45, 2.75) is 13.0 Å². The first-order valence-corrected chi connectivity index (χ1v) is 5.49. The van der Waals surface area contributed by atoms with Crippen LogP contribution in [0.1, 0.15) is 5.56 Å². The molecule has 0 aliphatic heterocycles. The van der Waals surface area contributed by atoms with Crippen molar-refractivity contribution >= 4 is 5.69 Å². The third-order valence-corrected chi connectivity index (χ3v) is 2.15. The first kappa shape index (κ1) is 15.4. The maximum absolute atomic E-state index is 13.1. The molecule has 0 aliphatic carbocycles. The molecule has 0 heterocycles. The molecule has 1 aromatic carbocycles. The molecule has 1 aromatic rings. The number of nitro groups is 1. The molecule has 0 saturated heterocycles. The van der Waals surface area contributed by atoms with Crippen LogP contribution in [0, 0.1) is 15.9 Å². The third-order valence-electron chi connectivity index (χ3n) is 2.15. The Labute approximate surface area is 107 Å². The van der Waals surface area contributed by atoms with Crippen molar-refractivity contribution in [1.29, 1.82) is 0 Å². The van der Waals surface area contributed by atoms with Gasteiger partial charge in [0.05, 0.1) is 17.6 Å². The van der Waals surface area contributed by atoms with Crippen LogP contribution in [0.5, 0.6) is 0 Å². The number of nitro benzene ring substituents is 1. The largest absolute Gasteiger partial charge is 0.374 e. The summed E-state index contributed by atoms with van der Waals surface area (Å²) in [7, 11) is 0. The highest BCUT2D eigenvalue weighted by Gasteiger charge is 2.09. The van der Waals surface area contributed by atoms with E-state index in [1.165, 1.54) is 12.1 Å². The Morgan fingerprint density at radius 2 is 2.11 bits per heavy atom.